The number of aliphatic hydroxyl groups excluding tert-OH is 2. The summed E-state index contributed by atoms with van der Waals surface area (Å²) in [5, 5.41) is 20.9. The molecule has 0 heterocycles. The third kappa shape index (κ3) is 8.49. The summed E-state index contributed by atoms with van der Waals surface area (Å²) in [6.45, 7) is -0.639. The number of ether oxygens (including phenoxy) is 8. The molecule has 0 aliphatic carbocycles. The first-order valence-electron chi connectivity index (χ1n) is 13.9. The van der Waals surface area contributed by atoms with Gasteiger partial charge in [0.05, 0.1) is 35.0 Å². The van der Waals surface area contributed by atoms with Crippen molar-refractivity contribution >= 4 is 5.97 Å². The standard InChI is InChI=1S/C34H36O11/c1-38-25-12-8-9-13-27(25)45-31(19-35)33(37)23-14-15-26(28(16-23)39-2)42-21-32(36)44-24-17-29(40-3)34(30(18-24)41-4)43-20-22-10-6-5-7-11-22/h5-18,31,33,35,37H,19-21H2,1-4H3. The summed E-state index contributed by atoms with van der Waals surface area (Å²) in [7, 11) is 5.86. The second kappa shape index (κ2) is 16.1. The maximum atomic E-state index is 12.7. The summed E-state index contributed by atoms with van der Waals surface area (Å²) in [5.41, 5.74) is 1.35. The molecule has 11 heteroatoms. The molecule has 45 heavy (non-hydrogen) atoms. The Morgan fingerprint density at radius 1 is 0.689 bits per heavy atom. The highest BCUT2D eigenvalue weighted by molar-refractivity contribution is 5.75. The molecule has 0 saturated heterocycles. The Balaban J connectivity index is 1.40. The van der Waals surface area contributed by atoms with Gasteiger partial charge in [0.2, 0.25) is 5.75 Å². The Morgan fingerprint density at radius 3 is 1.93 bits per heavy atom. The third-order valence-corrected chi connectivity index (χ3v) is 6.65. The number of esters is 1. The van der Waals surface area contributed by atoms with Crippen LogP contribution in [0.15, 0.2) is 84.9 Å². The lowest BCUT2D eigenvalue weighted by Gasteiger charge is -2.24. The minimum atomic E-state index is -1.22. The van der Waals surface area contributed by atoms with Crippen molar-refractivity contribution in [2.24, 2.45) is 0 Å². The van der Waals surface area contributed by atoms with Gasteiger partial charge in [-0.25, -0.2) is 4.79 Å². The zero-order valence-electron chi connectivity index (χ0n) is 25.4. The van der Waals surface area contributed by atoms with E-state index in [-0.39, 0.29) is 23.9 Å². The van der Waals surface area contributed by atoms with Crippen LogP contribution in [-0.2, 0) is 11.4 Å². The molecule has 0 bridgehead atoms. The summed E-state index contributed by atoms with van der Waals surface area (Å²) in [5.74, 6) is 1.78. The maximum Gasteiger partial charge on any atom is 0.349 e. The van der Waals surface area contributed by atoms with Crippen LogP contribution < -0.4 is 37.9 Å². The van der Waals surface area contributed by atoms with Crippen molar-refractivity contribution in [2.75, 3.05) is 41.7 Å². The van der Waals surface area contributed by atoms with Crippen molar-refractivity contribution in [1.82, 2.24) is 0 Å². The van der Waals surface area contributed by atoms with Crippen LogP contribution in [0.2, 0.25) is 0 Å². The van der Waals surface area contributed by atoms with E-state index in [2.05, 4.69) is 0 Å². The number of benzene rings is 4. The van der Waals surface area contributed by atoms with Gasteiger partial charge in [0.1, 0.15) is 18.5 Å². The molecule has 2 N–H and O–H groups in total. The molecule has 0 aliphatic rings. The topological polar surface area (TPSA) is 131 Å². The lowest BCUT2D eigenvalue weighted by molar-refractivity contribution is -0.136. The Morgan fingerprint density at radius 2 is 1.31 bits per heavy atom. The number of hydrogen-bond donors (Lipinski definition) is 2. The number of carbonyl (C=O) groups excluding carboxylic acids is 1. The number of carbonyl (C=O) groups is 1. The fourth-order valence-corrected chi connectivity index (χ4v) is 4.37. The van der Waals surface area contributed by atoms with Crippen LogP contribution in [0.3, 0.4) is 0 Å². The first-order chi connectivity index (χ1) is 21.9. The lowest BCUT2D eigenvalue weighted by atomic mass is 10.0. The number of para-hydroxylation sites is 2. The van der Waals surface area contributed by atoms with Gasteiger partial charge in [-0.3, -0.25) is 0 Å². The van der Waals surface area contributed by atoms with Crippen LogP contribution in [0, 0.1) is 0 Å². The molecule has 0 fully saturated rings. The highest BCUT2D eigenvalue weighted by Gasteiger charge is 2.25. The molecule has 0 saturated carbocycles. The van der Waals surface area contributed by atoms with Gasteiger partial charge in [-0.1, -0.05) is 48.5 Å². The Labute approximate surface area is 261 Å². The molecule has 11 nitrogen and oxygen atoms in total. The molecule has 2 atom stereocenters. The molecule has 238 valence electrons. The van der Waals surface area contributed by atoms with Gasteiger partial charge in [-0.05, 0) is 35.4 Å². The Bertz CT molecular complexity index is 1520. The first-order valence-corrected chi connectivity index (χ1v) is 13.9. The molecule has 0 aromatic heterocycles. The normalized spacial score (nSPS) is 12.0. The summed E-state index contributed by atoms with van der Waals surface area (Å²) in [4.78, 5) is 12.7. The zero-order chi connectivity index (χ0) is 32.2. The molecule has 2 unspecified atom stereocenters. The van der Waals surface area contributed by atoms with E-state index in [1.165, 1.54) is 52.7 Å². The van der Waals surface area contributed by atoms with Crippen molar-refractivity contribution in [3.8, 4) is 46.0 Å². The minimum Gasteiger partial charge on any atom is -0.493 e. The summed E-state index contributed by atoms with van der Waals surface area (Å²) < 4.78 is 44.6. The van der Waals surface area contributed by atoms with Crippen LogP contribution in [0.4, 0.5) is 0 Å². The van der Waals surface area contributed by atoms with E-state index < -0.39 is 31.4 Å². The average Bonchev–Trinajstić information content (AvgIpc) is 3.08. The number of methoxy groups -OCH3 is 4. The zero-order valence-corrected chi connectivity index (χ0v) is 25.4. The van der Waals surface area contributed by atoms with Crippen LogP contribution in [0.1, 0.15) is 17.2 Å². The number of aliphatic hydroxyl groups is 2. The van der Waals surface area contributed by atoms with Crippen LogP contribution >= 0.6 is 0 Å². The Hall–Kier alpha value is -5.13. The maximum absolute atomic E-state index is 12.7. The van der Waals surface area contributed by atoms with E-state index in [9.17, 15) is 15.0 Å². The fraction of sp³-hybridized carbons (Fsp3) is 0.265. The second-order valence-corrected chi connectivity index (χ2v) is 9.54. The van der Waals surface area contributed by atoms with Gasteiger partial charge >= 0.3 is 5.97 Å². The molecule has 0 spiro atoms. The molecule has 4 aromatic rings. The van der Waals surface area contributed by atoms with Gasteiger partial charge in [-0.15, -0.1) is 0 Å². The first kappa shape index (κ1) is 32.8. The van der Waals surface area contributed by atoms with Gasteiger partial charge in [-0.2, -0.15) is 0 Å². The van der Waals surface area contributed by atoms with E-state index in [0.29, 0.717) is 34.3 Å². The van der Waals surface area contributed by atoms with E-state index in [0.717, 1.165) is 5.56 Å². The van der Waals surface area contributed by atoms with Crippen LogP contribution in [0.5, 0.6) is 46.0 Å². The van der Waals surface area contributed by atoms with Gasteiger partial charge in [0.15, 0.2) is 47.2 Å². The average molecular weight is 621 g/mol. The highest BCUT2D eigenvalue weighted by atomic mass is 16.6. The number of hydrogen-bond acceptors (Lipinski definition) is 11. The lowest BCUT2D eigenvalue weighted by Crippen LogP contribution is -2.29. The van der Waals surface area contributed by atoms with E-state index in [1.54, 1.807) is 30.3 Å². The van der Waals surface area contributed by atoms with E-state index in [4.69, 9.17) is 37.9 Å². The predicted octanol–water partition coefficient (Wildman–Crippen LogP) is 4.76. The number of rotatable bonds is 16. The molecular formula is C34H36O11. The van der Waals surface area contributed by atoms with Crippen LogP contribution in [-0.4, -0.2) is 63.9 Å². The van der Waals surface area contributed by atoms with Crippen molar-refractivity contribution in [2.45, 2.75) is 18.8 Å². The third-order valence-electron chi connectivity index (χ3n) is 6.65. The fourth-order valence-electron chi connectivity index (χ4n) is 4.37. The van der Waals surface area contributed by atoms with Crippen molar-refractivity contribution in [3.05, 3.63) is 96.1 Å². The molecule has 0 radical (unpaired) electrons. The summed E-state index contributed by atoms with van der Waals surface area (Å²) >= 11 is 0. The Kier molecular flexibility index (Phi) is 11.7. The molecule has 0 aliphatic heterocycles. The largest absolute Gasteiger partial charge is 0.493 e. The molecular weight excluding hydrogens is 584 g/mol. The van der Waals surface area contributed by atoms with Crippen molar-refractivity contribution in [3.63, 3.8) is 0 Å². The SMILES string of the molecule is COc1cc(C(O)C(CO)Oc2ccccc2OC)ccc1OCC(=O)Oc1cc(OC)c(OCc2ccccc2)c(OC)c1. The monoisotopic (exact) mass is 620 g/mol. The summed E-state index contributed by atoms with van der Waals surface area (Å²) in [6, 6.07) is 24.2. The van der Waals surface area contributed by atoms with Gasteiger partial charge in [0.25, 0.3) is 0 Å². The van der Waals surface area contributed by atoms with Crippen LogP contribution in [0.25, 0.3) is 0 Å². The minimum absolute atomic E-state index is 0.167. The molecule has 4 aromatic carbocycles. The van der Waals surface area contributed by atoms with E-state index in [1.807, 2.05) is 30.3 Å². The predicted molar refractivity (Wildman–Crippen MR) is 164 cm³/mol. The van der Waals surface area contributed by atoms with Gasteiger partial charge in [0, 0.05) is 12.1 Å². The molecule has 0 amide bonds. The van der Waals surface area contributed by atoms with Gasteiger partial charge < -0.3 is 48.1 Å². The van der Waals surface area contributed by atoms with Crippen molar-refractivity contribution < 1.29 is 52.9 Å². The van der Waals surface area contributed by atoms with E-state index >= 15 is 0 Å². The molecule has 4 rings (SSSR count). The highest BCUT2D eigenvalue weighted by Crippen LogP contribution is 2.42. The smallest absolute Gasteiger partial charge is 0.349 e. The quantitative estimate of drug-likeness (QED) is 0.133. The summed E-state index contributed by atoms with van der Waals surface area (Å²) in [6.07, 6.45) is -2.23. The second-order valence-electron chi connectivity index (χ2n) is 9.54. The van der Waals surface area contributed by atoms with Crippen molar-refractivity contribution in [1.29, 1.82) is 0 Å².